The maximum absolute atomic E-state index is 11.0. The quantitative estimate of drug-likeness (QED) is 0.686. The van der Waals surface area contributed by atoms with Crippen molar-refractivity contribution in [1.82, 2.24) is 15.3 Å². The Balaban J connectivity index is 1.69. The van der Waals surface area contributed by atoms with E-state index in [1.54, 1.807) is 18.6 Å². The molecule has 8 heteroatoms. The highest BCUT2D eigenvalue weighted by molar-refractivity contribution is 8.15. The largest absolute Gasteiger partial charge is 0.437 e. The highest BCUT2D eigenvalue weighted by Gasteiger charge is 2.15. The van der Waals surface area contributed by atoms with E-state index < -0.39 is 0 Å². The molecule has 1 fully saturated rings. The van der Waals surface area contributed by atoms with Crippen LogP contribution in [0, 0.1) is 6.92 Å². The van der Waals surface area contributed by atoms with Gasteiger partial charge < -0.3 is 10.1 Å². The number of carbonyl (C=O) groups is 1. The van der Waals surface area contributed by atoms with Gasteiger partial charge in [0.05, 0.1) is 23.9 Å². The van der Waals surface area contributed by atoms with Gasteiger partial charge in [0.15, 0.2) is 5.17 Å². The van der Waals surface area contributed by atoms with E-state index in [0.29, 0.717) is 22.6 Å². The predicted molar refractivity (Wildman–Crippen MR) is 88.9 cm³/mol. The van der Waals surface area contributed by atoms with Crippen molar-refractivity contribution in [2.24, 2.45) is 10.2 Å². The third-order valence-corrected chi connectivity index (χ3v) is 3.62. The highest BCUT2D eigenvalue weighted by atomic mass is 32.2. The predicted octanol–water partition coefficient (Wildman–Crippen LogP) is 2.13. The summed E-state index contributed by atoms with van der Waals surface area (Å²) in [6, 6.07) is 7.35. The number of thioether (sulfide) groups is 1. The second-order valence-corrected chi connectivity index (χ2v) is 5.62. The van der Waals surface area contributed by atoms with Crippen molar-refractivity contribution < 1.29 is 9.53 Å². The highest BCUT2D eigenvalue weighted by Crippen LogP contribution is 2.19. The number of aryl methyl sites for hydroxylation is 1. The van der Waals surface area contributed by atoms with E-state index in [1.165, 1.54) is 11.8 Å². The molecular formula is C15H13N5O2S. The molecule has 0 aliphatic carbocycles. The first-order chi connectivity index (χ1) is 11.2. The summed E-state index contributed by atoms with van der Waals surface area (Å²) in [7, 11) is 0. The zero-order valence-electron chi connectivity index (χ0n) is 12.3. The smallest absolute Gasteiger partial charge is 0.238 e. The monoisotopic (exact) mass is 327 g/mol. The van der Waals surface area contributed by atoms with Crippen molar-refractivity contribution in [2.75, 3.05) is 5.75 Å². The molecule has 1 amide bonds. The lowest BCUT2D eigenvalue weighted by Gasteiger charge is -2.05. The zero-order chi connectivity index (χ0) is 16.1. The van der Waals surface area contributed by atoms with Gasteiger partial charge in [0.1, 0.15) is 5.75 Å². The number of aromatic nitrogens is 2. The maximum atomic E-state index is 11.0. The second-order valence-electron chi connectivity index (χ2n) is 4.66. The number of benzene rings is 1. The first-order valence-corrected chi connectivity index (χ1v) is 7.78. The Hall–Kier alpha value is -2.74. The summed E-state index contributed by atoms with van der Waals surface area (Å²) < 4.78 is 5.66. The topological polar surface area (TPSA) is 88.8 Å². The van der Waals surface area contributed by atoms with E-state index in [1.807, 2.05) is 31.2 Å². The van der Waals surface area contributed by atoms with E-state index in [0.717, 1.165) is 11.3 Å². The molecule has 0 radical (unpaired) electrons. The fourth-order valence-electron chi connectivity index (χ4n) is 1.80. The number of amidine groups is 1. The van der Waals surface area contributed by atoms with Gasteiger partial charge in [-0.2, -0.15) is 5.10 Å². The molecule has 0 saturated carbocycles. The average Bonchev–Trinajstić information content (AvgIpc) is 2.93. The lowest BCUT2D eigenvalue weighted by atomic mass is 10.2. The zero-order valence-corrected chi connectivity index (χ0v) is 13.1. The fourth-order valence-corrected chi connectivity index (χ4v) is 2.43. The Bertz CT molecular complexity index is 791. The second kappa shape index (κ2) is 7.01. The molecule has 0 spiro atoms. The molecule has 1 aromatic heterocycles. The van der Waals surface area contributed by atoms with E-state index in [2.05, 4.69) is 25.5 Å². The molecule has 0 atom stereocenters. The van der Waals surface area contributed by atoms with Gasteiger partial charge in [-0.05, 0) is 24.6 Å². The van der Waals surface area contributed by atoms with Crippen LogP contribution in [0.2, 0.25) is 0 Å². The molecule has 23 heavy (non-hydrogen) atoms. The van der Waals surface area contributed by atoms with Gasteiger partial charge in [-0.3, -0.25) is 9.78 Å². The molecule has 1 saturated heterocycles. The van der Waals surface area contributed by atoms with E-state index >= 15 is 0 Å². The summed E-state index contributed by atoms with van der Waals surface area (Å²) in [6.07, 6.45) is 4.81. The van der Waals surface area contributed by atoms with Crippen LogP contribution in [0.1, 0.15) is 11.3 Å². The summed E-state index contributed by atoms with van der Waals surface area (Å²) in [6.45, 7) is 1.85. The molecule has 1 aliphatic rings. The summed E-state index contributed by atoms with van der Waals surface area (Å²) in [5, 5.41) is 11.0. The number of amides is 1. The Morgan fingerprint density at radius 2 is 2.30 bits per heavy atom. The molecule has 2 heterocycles. The first-order valence-electron chi connectivity index (χ1n) is 6.79. The van der Waals surface area contributed by atoms with Crippen LogP contribution in [-0.4, -0.2) is 33.0 Å². The Morgan fingerprint density at radius 1 is 1.39 bits per heavy atom. The summed E-state index contributed by atoms with van der Waals surface area (Å²) in [5.74, 6) is 1.39. The number of rotatable bonds is 4. The minimum atomic E-state index is -0.0568. The normalized spacial score (nSPS) is 16.0. The minimum absolute atomic E-state index is 0.0568. The van der Waals surface area contributed by atoms with E-state index in [-0.39, 0.29) is 5.91 Å². The molecule has 116 valence electrons. The van der Waals surface area contributed by atoms with Crippen LogP contribution in [0.25, 0.3) is 0 Å². The van der Waals surface area contributed by atoms with E-state index in [9.17, 15) is 4.79 Å². The molecule has 7 nitrogen and oxygen atoms in total. The Labute approximate surface area is 136 Å². The van der Waals surface area contributed by atoms with Crippen molar-refractivity contribution in [1.29, 1.82) is 0 Å². The van der Waals surface area contributed by atoms with Gasteiger partial charge in [-0.25, -0.2) is 4.98 Å². The van der Waals surface area contributed by atoms with Crippen LogP contribution in [0.4, 0.5) is 0 Å². The van der Waals surface area contributed by atoms with Gasteiger partial charge in [0.2, 0.25) is 11.8 Å². The van der Waals surface area contributed by atoms with Gasteiger partial charge in [0, 0.05) is 6.20 Å². The van der Waals surface area contributed by atoms with Crippen molar-refractivity contribution in [3.8, 4) is 11.6 Å². The van der Waals surface area contributed by atoms with Gasteiger partial charge in [-0.1, -0.05) is 23.9 Å². The van der Waals surface area contributed by atoms with Crippen molar-refractivity contribution in [3.63, 3.8) is 0 Å². The molecular weight excluding hydrogens is 314 g/mol. The Morgan fingerprint density at radius 3 is 3.09 bits per heavy atom. The molecule has 1 N–H and O–H groups in total. The van der Waals surface area contributed by atoms with Gasteiger partial charge in [-0.15, -0.1) is 5.10 Å². The fraction of sp³-hybridized carbons (Fsp3) is 0.133. The van der Waals surface area contributed by atoms with Crippen LogP contribution in [0.5, 0.6) is 11.6 Å². The molecule has 3 rings (SSSR count). The number of nitrogens with one attached hydrogen (secondary N) is 1. The molecule has 1 aliphatic heterocycles. The van der Waals surface area contributed by atoms with Crippen molar-refractivity contribution >= 4 is 29.1 Å². The minimum Gasteiger partial charge on any atom is -0.437 e. The summed E-state index contributed by atoms with van der Waals surface area (Å²) in [4.78, 5) is 19.3. The van der Waals surface area contributed by atoms with Crippen LogP contribution >= 0.6 is 11.8 Å². The van der Waals surface area contributed by atoms with Crippen molar-refractivity contribution in [3.05, 3.63) is 47.9 Å². The standard InChI is InChI=1S/C15H13N5O2S/c1-10-6-16-8-14(18-10)22-12-4-2-3-11(5-12)7-17-20-15-19-13(21)9-23-15/h2-8H,9H2,1H3,(H,19,20,21). The molecule has 1 aromatic carbocycles. The average molecular weight is 327 g/mol. The maximum Gasteiger partial charge on any atom is 0.238 e. The molecule has 0 bridgehead atoms. The van der Waals surface area contributed by atoms with Gasteiger partial charge in [0.25, 0.3) is 0 Å². The SMILES string of the molecule is Cc1cncc(Oc2cccc(C=NN=C3NC(=O)CS3)c2)n1. The first kappa shape index (κ1) is 15.2. The van der Waals surface area contributed by atoms with Gasteiger partial charge >= 0.3 is 0 Å². The van der Waals surface area contributed by atoms with E-state index in [4.69, 9.17) is 4.74 Å². The summed E-state index contributed by atoms with van der Waals surface area (Å²) in [5.41, 5.74) is 1.61. The van der Waals surface area contributed by atoms with Crippen LogP contribution in [0.15, 0.2) is 46.9 Å². The Kier molecular flexibility index (Phi) is 4.62. The van der Waals surface area contributed by atoms with Crippen LogP contribution < -0.4 is 10.1 Å². The lowest BCUT2D eigenvalue weighted by Crippen LogP contribution is -2.19. The summed E-state index contributed by atoms with van der Waals surface area (Å²) >= 11 is 1.33. The number of carbonyl (C=O) groups excluding carboxylic acids is 1. The number of nitrogens with zero attached hydrogens (tertiary/aromatic N) is 4. The lowest BCUT2D eigenvalue weighted by molar-refractivity contribution is -0.116. The molecule has 0 unspecified atom stereocenters. The third kappa shape index (κ3) is 4.36. The number of hydrogen-bond donors (Lipinski definition) is 1. The van der Waals surface area contributed by atoms with Crippen molar-refractivity contribution in [2.45, 2.75) is 6.92 Å². The third-order valence-electron chi connectivity index (χ3n) is 2.76. The number of hydrogen-bond acceptors (Lipinski definition) is 7. The number of ether oxygens (including phenoxy) is 1. The van der Waals surface area contributed by atoms with Crippen LogP contribution in [-0.2, 0) is 4.79 Å². The van der Waals surface area contributed by atoms with Crippen LogP contribution in [0.3, 0.4) is 0 Å². The molecule has 2 aromatic rings.